The monoisotopic (exact) mass is 233 g/mol. The fraction of sp³-hybridized carbons (Fsp3) is 0.400. The normalized spacial score (nSPS) is 10.6. The number of ether oxygens (including phenoxy) is 1. The van der Waals surface area contributed by atoms with Crippen LogP contribution in [-0.4, -0.2) is 18.1 Å². The van der Waals surface area contributed by atoms with Crippen molar-refractivity contribution >= 4 is 5.97 Å². The van der Waals surface area contributed by atoms with E-state index in [4.69, 9.17) is 0 Å². The predicted molar refractivity (Wildman–Crippen MR) is 49.6 cm³/mol. The van der Waals surface area contributed by atoms with E-state index in [-0.39, 0.29) is 17.5 Å². The molecule has 0 saturated heterocycles. The van der Waals surface area contributed by atoms with E-state index in [1.807, 2.05) is 0 Å². The summed E-state index contributed by atoms with van der Waals surface area (Å²) in [5, 5.41) is 0. The van der Waals surface area contributed by atoms with E-state index in [2.05, 4.69) is 9.72 Å². The second-order valence-corrected chi connectivity index (χ2v) is 3.19. The molecule has 0 amide bonds. The van der Waals surface area contributed by atoms with Gasteiger partial charge in [-0.05, 0) is 18.6 Å². The molecule has 0 aliphatic rings. The molecule has 0 aliphatic carbocycles. The molecule has 0 spiro atoms. The molecule has 3 nitrogen and oxygen atoms in total. The van der Waals surface area contributed by atoms with Crippen LogP contribution in [0, 0.1) is 12.9 Å². The van der Waals surface area contributed by atoms with Gasteiger partial charge in [-0.1, -0.05) is 0 Å². The van der Waals surface area contributed by atoms with Gasteiger partial charge in [-0.3, -0.25) is 4.79 Å². The smallest absolute Gasteiger partial charge is 0.310 e. The average Bonchev–Trinajstić information content (AvgIpc) is 2.22. The van der Waals surface area contributed by atoms with E-state index >= 15 is 0 Å². The van der Waals surface area contributed by atoms with E-state index in [1.54, 1.807) is 0 Å². The number of methoxy groups -OCH3 is 1. The molecule has 1 heterocycles. The fourth-order valence-corrected chi connectivity index (χ4v) is 1.23. The van der Waals surface area contributed by atoms with Gasteiger partial charge in [-0.25, -0.2) is 13.8 Å². The largest absolute Gasteiger partial charge is 0.469 e. The zero-order valence-electron chi connectivity index (χ0n) is 8.76. The van der Waals surface area contributed by atoms with Gasteiger partial charge in [-0.2, -0.15) is 4.39 Å². The molecule has 0 aliphatic heterocycles. The minimum atomic E-state index is -2.83. The van der Waals surface area contributed by atoms with E-state index in [0.29, 0.717) is 0 Å². The lowest BCUT2D eigenvalue weighted by Crippen LogP contribution is -2.10. The Bertz CT molecular complexity index is 384. The van der Waals surface area contributed by atoms with E-state index in [1.165, 1.54) is 6.92 Å². The molecule has 88 valence electrons. The second-order valence-electron chi connectivity index (χ2n) is 3.19. The molecule has 0 N–H and O–H groups in total. The maximum absolute atomic E-state index is 13.3. The molecule has 0 aromatic carbocycles. The molecule has 6 heteroatoms. The molecule has 0 bridgehead atoms. The summed E-state index contributed by atoms with van der Waals surface area (Å²) < 4.78 is 42.2. The highest BCUT2D eigenvalue weighted by Crippen LogP contribution is 2.21. The van der Waals surface area contributed by atoms with Crippen molar-refractivity contribution < 1.29 is 22.7 Å². The van der Waals surface area contributed by atoms with Crippen LogP contribution in [0.1, 0.15) is 23.2 Å². The minimum absolute atomic E-state index is 0.0174. The summed E-state index contributed by atoms with van der Waals surface area (Å²) in [5.41, 5.74) is -0.395. The third-order valence-corrected chi connectivity index (χ3v) is 2.09. The second kappa shape index (κ2) is 4.96. The van der Waals surface area contributed by atoms with Crippen LogP contribution in [0.5, 0.6) is 0 Å². The van der Waals surface area contributed by atoms with Crippen LogP contribution >= 0.6 is 0 Å². The lowest BCUT2D eigenvalue weighted by Gasteiger charge is -2.08. The molecule has 0 saturated carbocycles. The van der Waals surface area contributed by atoms with Gasteiger partial charge in [-0.15, -0.1) is 0 Å². The zero-order chi connectivity index (χ0) is 12.3. The number of pyridine rings is 1. The molecular formula is C10H10F3NO2. The Morgan fingerprint density at radius 3 is 2.62 bits per heavy atom. The SMILES string of the molecule is COC(=O)Cc1c(C)cc(C(F)F)nc1F. The van der Waals surface area contributed by atoms with Gasteiger partial charge in [0.2, 0.25) is 5.95 Å². The summed E-state index contributed by atoms with van der Waals surface area (Å²) >= 11 is 0. The number of halogens is 3. The van der Waals surface area contributed by atoms with Crippen molar-refractivity contribution in [2.75, 3.05) is 7.11 Å². The van der Waals surface area contributed by atoms with Gasteiger partial charge in [0.1, 0.15) is 5.69 Å². The summed E-state index contributed by atoms with van der Waals surface area (Å²) in [5.74, 6) is -1.70. The van der Waals surface area contributed by atoms with Gasteiger partial charge in [0.25, 0.3) is 6.43 Å². The summed E-state index contributed by atoms with van der Waals surface area (Å²) in [6.07, 6.45) is -3.15. The maximum Gasteiger partial charge on any atom is 0.310 e. The summed E-state index contributed by atoms with van der Waals surface area (Å²) in [4.78, 5) is 14.0. The zero-order valence-corrected chi connectivity index (χ0v) is 8.76. The number of esters is 1. The van der Waals surface area contributed by atoms with Crippen molar-refractivity contribution in [1.29, 1.82) is 0 Å². The number of hydrogen-bond donors (Lipinski definition) is 0. The van der Waals surface area contributed by atoms with E-state index < -0.39 is 24.0 Å². The topological polar surface area (TPSA) is 39.2 Å². The number of hydrogen-bond acceptors (Lipinski definition) is 3. The van der Waals surface area contributed by atoms with Gasteiger partial charge in [0.15, 0.2) is 0 Å². The first-order valence-electron chi connectivity index (χ1n) is 4.46. The Morgan fingerprint density at radius 2 is 2.19 bits per heavy atom. The quantitative estimate of drug-likeness (QED) is 0.593. The molecule has 0 fully saturated rings. The van der Waals surface area contributed by atoms with Crippen molar-refractivity contribution in [3.8, 4) is 0 Å². The van der Waals surface area contributed by atoms with Gasteiger partial charge in [0.05, 0.1) is 13.5 Å². The Hall–Kier alpha value is -1.59. The highest BCUT2D eigenvalue weighted by Gasteiger charge is 2.17. The van der Waals surface area contributed by atoms with Crippen molar-refractivity contribution in [1.82, 2.24) is 4.98 Å². The Balaban J connectivity index is 3.07. The molecule has 1 aromatic rings. The van der Waals surface area contributed by atoms with Crippen LogP contribution in [0.4, 0.5) is 13.2 Å². The Labute approximate surface area is 90.2 Å². The predicted octanol–water partition coefficient (Wildman–Crippen LogP) is 2.18. The first-order valence-corrected chi connectivity index (χ1v) is 4.46. The lowest BCUT2D eigenvalue weighted by molar-refractivity contribution is -0.139. The first kappa shape index (κ1) is 12.5. The highest BCUT2D eigenvalue weighted by atomic mass is 19.3. The first-order chi connectivity index (χ1) is 7.45. The van der Waals surface area contributed by atoms with Gasteiger partial charge < -0.3 is 4.74 Å². The molecule has 0 atom stereocenters. The highest BCUT2D eigenvalue weighted by molar-refractivity contribution is 5.72. The summed E-state index contributed by atoms with van der Waals surface area (Å²) in [7, 11) is 1.16. The van der Waals surface area contributed by atoms with Gasteiger partial charge >= 0.3 is 5.97 Å². The number of rotatable bonds is 3. The maximum atomic E-state index is 13.3. The number of alkyl halides is 2. The van der Waals surface area contributed by atoms with Crippen LogP contribution in [0.3, 0.4) is 0 Å². The molecule has 0 radical (unpaired) electrons. The van der Waals surface area contributed by atoms with Crippen molar-refractivity contribution in [3.63, 3.8) is 0 Å². The summed E-state index contributed by atoms with van der Waals surface area (Å²) in [6, 6.07) is 1.06. The number of nitrogens with zero attached hydrogens (tertiary/aromatic N) is 1. The third-order valence-electron chi connectivity index (χ3n) is 2.09. The standard InChI is InChI=1S/C10H10F3NO2/c1-5-3-7(9(11)12)14-10(13)6(5)4-8(15)16-2/h3,9H,4H2,1-2H3. The molecule has 1 aromatic heterocycles. The van der Waals surface area contributed by atoms with Gasteiger partial charge in [0, 0.05) is 5.56 Å². The number of carbonyl (C=O) groups excluding carboxylic acids is 1. The molecule has 16 heavy (non-hydrogen) atoms. The third kappa shape index (κ3) is 2.71. The van der Waals surface area contributed by atoms with Crippen molar-refractivity contribution in [2.24, 2.45) is 0 Å². The Morgan fingerprint density at radius 1 is 1.56 bits per heavy atom. The molecular weight excluding hydrogens is 223 g/mol. The van der Waals surface area contributed by atoms with Crippen molar-refractivity contribution in [2.45, 2.75) is 19.8 Å². The van der Waals surface area contributed by atoms with Crippen LogP contribution in [-0.2, 0) is 16.0 Å². The van der Waals surface area contributed by atoms with Crippen LogP contribution in [0.25, 0.3) is 0 Å². The number of aromatic nitrogens is 1. The average molecular weight is 233 g/mol. The van der Waals surface area contributed by atoms with Crippen molar-refractivity contribution in [3.05, 3.63) is 28.8 Å². The van der Waals surface area contributed by atoms with Crippen LogP contribution in [0.2, 0.25) is 0 Å². The van der Waals surface area contributed by atoms with Crippen LogP contribution < -0.4 is 0 Å². The summed E-state index contributed by atoms with van der Waals surface area (Å²) in [6.45, 7) is 1.44. The number of aryl methyl sites for hydroxylation is 1. The van der Waals surface area contributed by atoms with Crippen LogP contribution in [0.15, 0.2) is 6.07 Å². The Kier molecular flexibility index (Phi) is 3.87. The molecule has 1 rings (SSSR count). The van der Waals surface area contributed by atoms with E-state index in [9.17, 15) is 18.0 Å². The fourth-order valence-electron chi connectivity index (χ4n) is 1.23. The molecule has 0 unspecified atom stereocenters. The van der Waals surface area contributed by atoms with E-state index in [0.717, 1.165) is 13.2 Å². The number of carbonyl (C=O) groups is 1. The lowest BCUT2D eigenvalue weighted by atomic mass is 10.1. The minimum Gasteiger partial charge on any atom is -0.469 e.